The molecular weight excluding hydrogens is 254 g/mol. The molecule has 0 spiro atoms. The molecule has 2 aliphatic heterocycles. The third kappa shape index (κ3) is 2.66. The van der Waals surface area contributed by atoms with Crippen molar-refractivity contribution in [2.45, 2.75) is 44.5 Å². The smallest absolute Gasteiger partial charge is 0.308 e. The predicted octanol–water partition coefficient (Wildman–Crippen LogP) is 1.00. The molecule has 2 heterocycles. The van der Waals surface area contributed by atoms with Gasteiger partial charge in [-0.15, -0.1) is 0 Å². The summed E-state index contributed by atoms with van der Waals surface area (Å²) in [5.74, 6) is -0.523. The minimum atomic E-state index is -0.675. The summed E-state index contributed by atoms with van der Waals surface area (Å²) in [7, 11) is 1.46. The zero-order chi connectivity index (χ0) is 14.0. The van der Waals surface area contributed by atoms with Crippen molar-refractivity contribution in [1.82, 2.24) is 0 Å². The number of azide groups is 1. The van der Waals surface area contributed by atoms with Gasteiger partial charge in [0.1, 0.15) is 18.2 Å². The minimum absolute atomic E-state index is 0.216. The van der Waals surface area contributed by atoms with Crippen molar-refractivity contribution in [3.05, 3.63) is 10.4 Å². The molecule has 2 fully saturated rings. The molecule has 0 aromatic rings. The minimum Gasteiger partial charge on any atom is -0.457 e. The van der Waals surface area contributed by atoms with Crippen molar-refractivity contribution < 1.29 is 23.7 Å². The summed E-state index contributed by atoms with van der Waals surface area (Å²) >= 11 is 0. The highest BCUT2D eigenvalue weighted by Gasteiger charge is 2.54. The molecule has 106 valence electrons. The van der Waals surface area contributed by atoms with Gasteiger partial charge in [-0.2, -0.15) is 0 Å². The van der Waals surface area contributed by atoms with Gasteiger partial charge in [0.05, 0.1) is 12.5 Å². The molecule has 2 aliphatic rings. The lowest BCUT2D eigenvalue weighted by Gasteiger charge is -2.19. The van der Waals surface area contributed by atoms with Gasteiger partial charge in [-0.3, -0.25) is 4.79 Å². The zero-order valence-electron chi connectivity index (χ0n) is 11.1. The SMILES string of the molecule is CO[C@H]1O[C@H]2[C@H](OC[C@H]2OC(=O)C(C)C)[C@H]1N=[N+]=[N-]. The van der Waals surface area contributed by atoms with Crippen LogP contribution in [-0.4, -0.2) is 50.3 Å². The summed E-state index contributed by atoms with van der Waals surface area (Å²) in [4.78, 5) is 14.4. The number of hydrogen-bond donors (Lipinski definition) is 0. The van der Waals surface area contributed by atoms with Crippen molar-refractivity contribution in [3.63, 3.8) is 0 Å². The van der Waals surface area contributed by atoms with Crippen LogP contribution < -0.4 is 0 Å². The second-order valence-electron chi connectivity index (χ2n) is 4.83. The van der Waals surface area contributed by atoms with E-state index < -0.39 is 30.6 Å². The van der Waals surface area contributed by atoms with Crippen molar-refractivity contribution in [2.24, 2.45) is 11.0 Å². The summed E-state index contributed by atoms with van der Waals surface area (Å²) in [6, 6.07) is -0.567. The molecular formula is C11H17N3O5. The number of esters is 1. The molecule has 0 unspecified atom stereocenters. The van der Waals surface area contributed by atoms with Gasteiger partial charge in [0, 0.05) is 12.0 Å². The number of methoxy groups -OCH3 is 1. The van der Waals surface area contributed by atoms with E-state index in [2.05, 4.69) is 10.0 Å². The van der Waals surface area contributed by atoms with Crippen molar-refractivity contribution in [3.8, 4) is 0 Å². The monoisotopic (exact) mass is 271 g/mol. The van der Waals surface area contributed by atoms with E-state index in [-0.39, 0.29) is 18.5 Å². The topological polar surface area (TPSA) is 103 Å². The van der Waals surface area contributed by atoms with E-state index in [0.717, 1.165) is 0 Å². The highest BCUT2D eigenvalue weighted by atomic mass is 16.7. The molecule has 0 saturated carbocycles. The molecule has 0 bridgehead atoms. The first-order valence-corrected chi connectivity index (χ1v) is 6.13. The van der Waals surface area contributed by atoms with E-state index in [1.165, 1.54) is 7.11 Å². The Kier molecular flexibility index (Phi) is 4.26. The average Bonchev–Trinajstić information content (AvgIpc) is 2.91. The number of ether oxygens (including phenoxy) is 4. The van der Waals surface area contributed by atoms with E-state index >= 15 is 0 Å². The van der Waals surface area contributed by atoms with Crippen LogP contribution in [0, 0.1) is 5.92 Å². The van der Waals surface area contributed by atoms with Gasteiger partial charge >= 0.3 is 5.97 Å². The Labute approximate surface area is 110 Å². The van der Waals surface area contributed by atoms with E-state index in [4.69, 9.17) is 24.5 Å². The first kappa shape index (κ1) is 14.1. The Morgan fingerprint density at radius 3 is 2.79 bits per heavy atom. The van der Waals surface area contributed by atoms with Crippen LogP contribution in [0.2, 0.25) is 0 Å². The zero-order valence-corrected chi connectivity index (χ0v) is 11.1. The van der Waals surface area contributed by atoms with Crippen LogP contribution in [0.15, 0.2) is 5.11 Å². The summed E-state index contributed by atoms with van der Waals surface area (Å²) in [5.41, 5.74) is 8.55. The third-order valence-corrected chi connectivity index (χ3v) is 3.21. The Balaban J connectivity index is 2.06. The fourth-order valence-electron chi connectivity index (χ4n) is 2.22. The van der Waals surface area contributed by atoms with Crippen LogP contribution in [0.4, 0.5) is 0 Å². The maximum Gasteiger partial charge on any atom is 0.308 e. The van der Waals surface area contributed by atoms with Gasteiger partial charge in [-0.1, -0.05) is 19.0 Å². The van der Waals surface area contributed by atoms with Crippen LogP contribution in [0.25, 0.3) is 10.4 Å². The van der Waals surface area contributed by atoms with E-state index in [9.17, 15) is 4.79 Å². The van der Waals surface area contributed by atoms with Gasteiger partial charge in [0.15, 0.2) is 12.4 Å². The molecule has 0 aliphatic carbocycles. The summed E-state index contributed by atoms with van der Waals surface area (Å²) < 4.78 is 21.6. The molecule has 0 amide bonds. The quantitative estimate of drug-likeness (QED) is 0.328. The third-order valence-electron chi connectivity index (χ3n) is 3.21. The molecule has 8 nitrogen and oxygen atoms in total. The molecule has 0 aromatic carbocycles. The second-order valence-corrected chi connectivity index (χ2v) is 4.83. The molecule has 2 saturated heterocycles. The Hall–Kier alpha value is -1.34. The van der Waals surface area contributed by atoms with Crippen LogP contribution in [-0.2, 0) is 23.7 Å². The largest absolute Gasteiger partial charge is 0.457 e. The van der Waals surface area contributed by atoms with Crippen LogP contribution >= 0.6 is 0 Å². The fourth-order valence-corrected chi connectivity index (χ4v) is 2.22. The second kappa shape index (κ2) is 5.75. The van der Waals surface area contributed by atoms with E-state index in [0.29, 0.717) is 0 Å². The average molecular weight is 271 g/mol. The van der Waals surface area contributed by atoms with Crippen molar-refractivity contribution in [1.29, 1.82) is 0 Å². The maximum absolute atomic E-state index is 11.6. The lowest BCUT2D eigenvalue weighted by Crippen LogP contribution is -2.34. The molecule has 0 radical (unpaired) electrons. The first-order valence-electron chi connectivity index (χ1n) is 6.13. The number of carbonyl (C=O) groups excluding carboxylic acids is 1. The number of nitrogens with zero attached hydrogens (tertiary/aromatic N) is 3. The Morgan fingerprint density at radius 2 is 2.21 bits per heavy atom. The number of carbonyl (C=O) groups is 1. The molecule has 0 N–H and O–H groups in total. The summed E-state index contributed by atoms with van der Waals surface area (Å²) in [6.45, 7) is 3.75. The maximum atomic E-state index is 11.6. The lowest BCUT2D eigenvalue weighted by molar-refractivity contribution is -0.170. The van der Waals surface area contributed by atoms with Crippen molar-refractivity contribution >= 4 is 5.97 Å². The molecule has 19 heavy (non-hydrogen) atoms. The van der Waals surface area contributed by atoms with Gasteiger partial charge in [0.2, 0.25) is 0 Å². The van der Waals surface area contributed by atoms with E-state index in [1.807, 2.05) is 0 Å². The Morgan fingerprint density at radius 1 is 1.47 bits per heavy atom. The summed E-state index contributed by atoms with van der Waals surface area (Å²) in [6.07, 6.45) is -2.06. The van der Waals surface area contributed by atoms with Crippen molar-refractivity contribution in [2.75, 3.05) is 13.7 Å². The van der Waals surface area contributed by atoms with Gasteiger partial charge < -0.3 is 18.9 Å². The molecule has 8 heteroatoms. The van der Waals surface area contributed by atoms with Crippen LogP contribution in [0.3, 0.4) is 0 Å². The molecule has 5 atom stereocenters. The Bertz CT molecular complexity index is 396. The molecule has 0 aromatic heterocycles. The highest BCUT2D eigenvalue weighted by Crippen LogP contribution is 2.35. The number of fused-ring (bicyclic) bond motifs is 1. The number of hydrogen-bond acceptors (Lipinski definition) is 6. The first-order chi connectivity index (χ1) is 9.08. The van der Waals surface area contributed by atoms with Crippen LogP contribution in [0.5, 0.6) is 0 Å². The predicted molar refractivity (Wildman–Crippen MR) is 63.1 cm³/mol. The molecule has 2 rings (SSSR count). The van der Waals surface area contributed by atoms with Gasteiger partial charge in [0.25, 0.3) is 0 Å². The fraction of sp³-hybridized carbons (Fsp3) is 0.909. The van der Waals surface area contributed by atoms with E-state index in [1.54, 1.807) is 13.8 Å². The standard InChI is InChI=1S/C11H17N3O5/c1-5(2)10(15)18-6-4-17-9-7(13-14-12)11(16-3)19-8(6)9/h5-9,11H,4H2,1-3H3/t6-,7-,8-,9-,11+/m1/s1. The highest BCUT2D eigenvalue weighted by molar-refractivity contribution is 5.71. The normalized spacial score (nSPS) is 36.9. The summed E-state index contributed by atoms with van der Waals surface area (Å²) in [5, 5.41) is 3.63. The number of rotatable bonds is 4. The van der Waals surface area contributed by atoms with Gasteiger partial charge in [-0.05, 0) is 5.53 Å². The lowest BCUT2D eigenvalue weighted by atomic mass is 10.1. The van der Waals surface area contributed by atoms with Gasteiger partial charge in [-0.25, -0.2) is 0 Å². The van der Waals surface area contributed by atoms with Crippen LogP contribution in [0.1, 0.15) is 13.8 Å².